The largest absolute Gasteiger partial charge is 1.00 e. The molecule has 2 aromatic carbocycles. The van der Waals surface area contributed by atoms with Crippen molar-refractivity contribution in [2.75, 3.05) is 0 Å². The molecule has 0 bridgehead atoms. The normalized spacial score (nSPS) is 11.0. The third-order valence-corrected chi connectivity index (χ3v) is 7.05. The molecule has 0 aliphatic rings. The Morgan fingerprint density at radius 3 is 1.36 bits per heavy atom. The summed E-state index contributed by atoms with van der Waals surface area (Å²) in [6.07, 6.45) is 11.1. The topological polar surface area (TPSA) is 99.5 Å². The van der Waals surface area contributed by atoms with E-state index < -0.39 is 11.8 Å². The molecule has 0 unspecified atom stereocenters. The van der Waals surface area contributed by atoms with Crippen molar-refractivity contribution >= 4 is 35.5 Å². The molecule has 12 heteroatoms. The molecule has 0 saturated carbocycles. The highest BCUT2D eigenvalue weighted by Crippen LogP contribution is 2.19. The molecule has 0 saturated heterocycles. The second-order valence-electron chi connectivity index (χ2n) is 9.72. The molecule has 6 aromatic rings. The van der Waals surface area contributed by atoms with E-state index in [1.54, 1.807) is 0 Å². The van der Waals surface area contributed by atoms with Crippen molar-refractivity contribution in [3.05, 3.63) is 121 Å². The lowest BCUT2D eigenvalue weighted by molar-refractivity contribution is -0.633. The number of carbonyl (C=O) groups excluding carboxylic acids is 2. The maximum absolute atomic E-state index is 12.1. The number of benzene rings is 2. The Bertz CT molecular complexity index is 1850. The lowest BCUT2D eigenvalue weighted by atomic mass is 10.1. The first-order valence-corrected chi connectivity index (χ1v) is 13.3. The van der Waals surface area contributed by atoms with Gasteiger partial charge in [0.2, 0.25) is 0 Å². The maximum Gasteiger partial charge on any atom is 0.331 e. The predicted molar refractivity (Wildman–Crippen MR) is 159 cm³/mol. The number of hydrogen-bond donors (Lipinski definition) is 2. The first-order valence-electron chi connectivity index (χ1n) is 13.3. The Morgan fingerprint density at radius 2 is 1.00 bits per heavy atom. The summed E-state index contributed by atoms with van der Waals surface area (Å²) < 4.78 is 8.37. The number of nitrogens with one attached hydrogen (secondary N) is 2. The van der Waals surface area contributed by atoms with Gasteiger partial charge in [-0.15, -0.1) is 0 Å². The SMILES string of the molecule is C[n+]1c(-c2ccc(/C=N/NC(=O)C(=O)N/N=C/c3ccc(-c4cn5ccccc5[n+]4C)cc3)cc2)cn2ccccc21.[Br-].[Br-]. The van der Waals surface area contributed by atoms with E-state index in [2.05, 4.69) is 63.5 Å². The molecule has 0 fully saturated rings. The quantitative estimate of drug-likeness (QED) is 0.0822. The zero-order chi connectivity index (χ0) is 29.1. The fraction of sp³-hybridized carbons (Fsp3) is 0.0625. The summed E-state index contributed by atoms with van der Waals surface area (Å²) in [6.45, 7) is 0. The highest BCUT2D eigenvalue weighted by molar-refractivity contribution is 6.35. The average Bonchev–Trinajstić information content (AvgIpc) is 3.54. The molecule has 2 amide bonds. The van der Waals surface area contributed by atoms with Gasteiger partial charge in [-0.2, -0.15) is 10.2 Å². The Labute approximate surface area is 274 Å². The molecule has 10 nitrogen and oxygen atoms in total. The van der Waals surface area contributed by atoms with Crippen LogP contribution in [0.15, 0.2) is 120 Å². The summed E-state index contributed by atoms with van der Waals surface area (Å²) in [5, 5.41) is 7.79. The van der Waals surface area contributed by atoms with E-state index in [1.807, 2.05) is 99.3 Å². The van der Waals surface area contributed by atoms with Gasteiger partial charge in [0.15, 0.2) is 11.4 Å². The summed E-state index contributed by atoms with van der Waals surface area (Å²) in [5.41, 5.74) is 12.4. The third kappa shape index (κ3) is 6.66. The van der Waals surface area contributed by atoms with Gasteiger partial charge in [-0.1, -0.05) is 36.4 Å². The Balaban J connectivity index is 0.00000221. The second kappa shape index (κ2) is 14.0. The van der Waals surface area contributed by atoms with Crippen LogP contribution in [0.1, 0.15) is 11.1 Å². The van der Waals surface area contributed by atoms with Crippen molar-refractivity contribution in [3.8, 4) is 22.5 Å². The second-order valence-corrected chi connectivity index (χ2v) is 9.72. The van der Waals surface area contributed by atoms with Crippen LogP contribution in [-0.2, 0) is 23.7 Å². The molecule has 0 aliphatic carbocycles. The standard InChI is InChI=1S/C32H26N8O2.2BrH/c1-37-27(21-39-17-5-3-7-29(37)39)25-13-9-23(10-14-25)19-33-35-31(41)32(42)36-34-20-24-11-15-26(16-12-24)28-22-40-18-6-4-8-30(40)38(28)2;;/h3-22H,1-2H3;2*1H/b33-19+,34-20+;;. The number of halogens is 2. The molecule has 4 heterocycles. The van der Waals surface area contributed by atoms with Crippen LogP contribution in [0.3, 0.4) is 0 Å². The van der Waals surface area contributed by atoms with Crippen LogP contribution in [0, 0.1) is 0 Å². The molecule has 0 aliphatic heterocycles. The summed E-state index contributed by atoms with van der Waals surface area (Å²) in [7, 11) is 4.04. The molecule has 6 rings (SSSR count). The van der Waals surface area contributed by atoms with Crippen LogP contribution in [-0.4, -0.2) is 33.0 Å². The van der Waals surface area contributed by atoms with Crippen LogP contribution in [0.2, 0.25) is 0 Å². The highest BCUT2D eigenvalue weighted by atomic mass is 79.9. The lowest BCUT2D eigenvalue weighted by Crippen LogP contribution is -3.00. The van der Waals surface area contributed by atoms with Crippen molar-refractivity contribution in [1.29, 1.82) is 0 Å². The molecular weight excluding hydrogens is 688 g/mol. The van der Waals surface area contributed by atoms with E-state index in [-0.39, 0.29) is 34.0 Å². The summed E-state index contributed by atoms with van der Waals surface area (Å²) in [4.78, 5) is 24.2. The first-order chi connectivity index (χ1) is 20.5. The van der Waals surface area contributed by atoms with E-state index in [9.17, 15) is 9.59 Å². The van der Waals surface area contributed by atoms with Gasteiger partial charge in [-0.3, -0.25) is 9.59 Å². The molecule has 0 radical (unpaired) electrons. The summed E-state index contributed by atoms with van der Waals surface area (Å²) in [5.74, 6) is -1.84. The number of rotatable bonds is 6. The van der Waals surface area contributed by atoms with Gasteiger partial charge in [-0.25, -0.2) is 28.8 Å². The number of imidazole rings is 2. The fourth-order valence-corrected chi connectivity index (χ4v) is 4.81. The first kappa shape index (κ1) is 32.0. The molecular formula is C32H28Br2N8O2. The van der Waals surface area contributed by atoms with Gasteiger partial charge in [0.05, 0.1) is 38.9 Å². The number of carbonyl (C=O) groups is 2. The Morgan fingerprint density at radius 1 is 0.614 bits per heavy atom. The predicted octanol–water partition coefficient (Wildman–Crippen LogP) is -3.22. The van der Waals surface area contributed by atoms with Crippen molar-refractivity contribution in [2.24, 2.45) is 24.3 Å². The van der Waals surface area contributed by atoms with E-state index in [0.717, 1.165) is 44.9 Å². The molecule has 0 atom stereocenters. The minimum Gasteiger partial charge on any atom is -1.00 e. The van der Waals surface area contributed by atoms with Gasteiger partial charge < -0.3 is 34.0 Å². The maximum atomic E-state index is 12.1. The number of aryl methyl sites for hydroxylation is 2. The smallest absolute Gasteiger partial charge is 0.331 e. The van der Waals surface area contributed by atoms with Crippen LogP contribution in [0.25, 0.3) is 33.8 Å². The van der Waals surface area contributed by atoms with Crippen molar-refractivity contribution < 1.29 is 52.7 Å². The van der Waals surface area contributed by atoms with E-state index in [1.165, 1.54) is 12.4 Å². The van der Waals surface area contributed by atoms with Crippen molar-refractivity contribution in [2.45, 2.75) is 0 Å². The lowest BCUT2D eigenvalue weighted by Gasteiger charge is -2.00. The third-order valence-electron chi connectivity index (χ3n) is 7.05. The van der Waals surface area contributed by atoms with Crippen LogP contribution < -0.4 is 53.9 Å². The van der Waals surface area contributed by atoms with Crippen molar-refractivity contribution in [3.63, 3.8) is 0 Å². The molecule has 0 spiro atoms. The molecule has 4 aromatic heterocycles. The van der Waals surface area contributed by atoms with E-state index >= 15 is 0 Å². The number of fused-ring (bicyclic) bond motifs is 2. The minimum atomic E-state index is -0.920. The summed E-state index contributed by atoms with van der Waals surface area (Å²) >= 11 is 0. The molecule has 44 heavy (non-hydrogen) atoms. The molecule has 222 valence electrons. The minimum absolute atomic E-state index is 0. The van der Waals surface area contributed by atoms with E-state index in [0.29, 0.717) is 0 Å². The van der Waals surface area contributed by atoms with Gasteiger partial charge in [0, 0.05) is 23.3 Å². The Hall–Kier alpha value is -4.94. The Kier molecular flexibility index (Phi) is 10.2. The number of hydrazone groups is 2. The highest BCUT2D eigenvalue weighted by Gasteiger charge is 2.16. The number of aromatic nitrogens is 4. The number of nitrogens with zero attached hydrogens (tertiary/aromatic N) is 6. The monoisotopic (exact) mass is 714 g/mol. The van der Waals surface area contributed by atoms with Gasteiger partial charge in [0.25, 0.3) is 11.3 Å². The number of hydrogen-bond acceptors (Lipinski definition) is 4. The van der Waals surface area contributed by atoms with Crippen molar-refractivity contribution in [1.82, 2.24) is 19.7 Å². The van der Waals surface area contributed by atoms with E-state index in [4.69, 9.17) is 0 Å². The van der Waals surface area contributed by atoms with Crippen LogP contribution in [0.4, 0.5) is 0 Å². The number of amides is 2. The van der Waals surface area contributed by atoms with Crippen LogP contribution >= 0.6 is 0 Å². The molecule has 2 N–H and O–H groups in total. The fourth-order valence-electron chi connectivity index (χ4n) is 4.81. The summed E-state index contributed by atoms with van der Waals surface area (Å²) in [6, 6.07) is 27.6. The van der Waals surface area contributed by atoms with Crippen LogP contribution in [0.5, 0.6) is 0 Å². The number of pyridine rings is 2. The van der Waals surface area contributed by atoms with Gasteiger partial charge in [-0.05, 0) is 47.5 Å². The zero-order valence-electron chi connectivity index (χ0n) is 23.8. The zero-order valence-corrected chi connectivity index (χ0v) is 27.0. The van der Waals surface area contributed by atoms with Gasteiger partial charge in [0.1, 0.15) is 12.4 Å². The van der Waals surface area contributed by atoms with Gasteiger partial charge >= 0.3 is 11.8 Å². The average molecular weight is 716 g/mol.